The zero-order valence-electron chi connectivity index (χ0n) is 10.2. The van der Waals surface area contributed by atoms with Crippen molar-refractivity contribution >= 4 is 23.2 Å². The number of esters is 1. The number of carbonyl (C=O) groups excluding carboxylic acids is 2. The molecule has 18 heavy (non-hydrogen) atoms. The van der Waals surface area contributed by atoms with E-state index in [4.69, 9.17) is 0 Å². The molecule has 1 aromatic heterocycles. The number of hydrogen-bond donors (Lipinski definition) is 0. The van der Waals surface area contributed by atoms with Crippen LogP contribution in [0.3, 0.4) is 0 Å². The Hall–Kier alpha value is -1.47. The number of aromatic nitrogens is 1. The van der Waals surface area contributed by atoms with E-state index in [9.17, 15) is 9.59 Å². The van der Waals surface area contributed by atoms with Crippen LogP contribution in [0.2, 0.25) is 0 Å². The number of methoxy groups -OCH3 is 1. The maximum atomic E-state index is 12.0. The highest BCUT2D eigenvalue weighted by atomic mass is 32.1. The highest BCUT2D eigenvalue weighted by Gasteiger charge is 2.24. The molecular formula is C11H15N3O3S. The Morgan fingerprint density at radius 1 is 1.39 bits per heavy atom. The molecule has 1 aliphatic rings. The van der Waals surface area contributed by atoms with Crippen molar-refractivity contribution in [2.24, 2.45) is 0 Å². The van der Waals surface area contributed by atoms with Crippen LogP contribution in [-0.4, -0.2) is 66.5 Å². The van der Waals surface area contributed by atoms with Crippen LogP contribution in [-0.2, 0) is 9.53 Å². The minimum absolute atomic E-state index is 0.0334. The smallest absolute Gasteiger partial charge is 0.319 e. The third-order valence-electron chi connectivity index (χ3n) is 2.89. The van der Waals surface area contributed by atoms with Crippen LogP contribution in [0.5, 0.6) is 0 Å². The van der Waals surface area contributed by atoms with Gasteiger partial charge in [0.25, 0.3) is 5.91 Å². The summed E-state index contributed by atoms with van der Waals surface area (Å²) in [7, 11) is 1.38. The highest BCUT2D eigenvalue weighted by Crippen LogP contribution is 2.09. The van der Waals surface area contributed by atoms with Crippen molar-refractivity contribution in [1.29, 1.82) is 0 Å². The standard InChI is InChI=1S/C11H15N3O3S/c1-17-10(15)6-13-2-4-14(5-3-13)11(16)9-7-18-8-12-9/h7-8H,2-6H2,1H3. The molecular weight excluding hydrogens is 254 g/mol. The van der Waals surface area contributed by atoms with Crippen molar-refractivity contribution in [2.75, 3.05) is 39.8 Å². The number of piperazine rings is 1. The number of nitrogens with zero attached hydrogens (tertiary/aromatic N) is 3. The van der Waals surface area contributed by atoms with Crippen LogP contribution in [0.4, 0.5) is 0 Å². The van der Waals surface area contributed by atoms with Gasteiger partial charge in [0.2, 0.25) is 0 Å². The zero-order chi connectivity index (χ0) is 13.0. The molecule has 0 aliphatic carbocycles. The van der Waals surface area contributed by atoms with Crippen LogP contribution in [0.25, 0.3) is 0 Å². The first-order valence-corrected chi connectivity index (χ1v) is 6.61. The molecule has 2 heterocycles. The fourth-order valence-electron chi connectivity index (χ4n) is 1.84. The summed E-state index contributed by atoms with van der Waals surface area (Å²) in [5, 5.41) is 1.75. The Morgan fingerprint density at radius 2 is 2.11 bits per heavy atom. The quantitative estimate of drug-likeness (QED) is 0.727. The minimum Gasteiger partial charge on any atom is -0.468 e. The monoisotopic (exact) mass is 269 g/mol. The fourth-order valence-corrected chi connectivity index (χ4v) is 2.36. The summed E-state index contributed by atoms with van der Waals surface area (Å²) in [5.74, 6) is -0.275. The lowest BCUT2D eigenvalue weighted by Crippen LogP contribution is -2.50. The molecule has 1 saturated heterocycles. The molecule has 0 spiro atoms. The van der Waals surface area contributed by atoms with Gasteiger partial charge in [0.1, 0.15) is 5.69 Å². The van der Waals surface area contributed by atoms with Gasteiger partial charge >= 0.3 is 5.97 Å². The van der Waals surface area contributed by atoms with Crippen molar-refractivity contribution < 1.29 is 14.3 Å². The van der Waals surface area contributed by atoms with E-state index in [1.54, 1.807) is 15.8 Å². The van der Waals surface area contributed by atoms with Gasteiger partial charge in [-0.25, -0.2) is 4.98 Å². The predicted molar refractivity (Wildman–Crippen MR) is 66.5 cm³/mol. The maximum absolute atomic E-state index is 12.0. The molecule has 1 fully saturated rings. The Labute approximate surface area is 109 Å². The van der Waals surface area contributed by atoms with Crippen LogP contribution in [0, 0.1) is 0 Å². The molecule has 1 aliphatic heterocycles. The molecule has 0 saturated carbocycles. The number of ether oxygens (including phenoxy) is 1. The van der Waals surface area contributed by atoms with E-state index < -0.39 is 0 Å². The summed E-state index contributed by atoms with van der Waals surface area (Å²) in [4.78, 5) is 30.9. The Bertz CT molecular complexity index is 413. The highest BCUT2D eigenvalue weighted by molar-refractivity contribution is 7.07. The molecule has 7 heteroatoms. The number of carbonyl (C=O) groups is 2. The van der Waals surface area contributed by atoms with Crippen LogP contribution in [0.1, 0.15) is 10.5 Å². The first-order valence-electron chi connectivity index (χ1n) is 5.67. The molecule has 0 bridgehead atoms. The lowest BCUT2D eigenvalue weighted by molar-refractivity contribution is -0.142. The van der Waals surface area contributed by atoms with Crippen molar-refractivity contribution in [3.8, 4) is 0 Å². The predicted octanol–water partition coefficient (Wildman–Crippen LogP) is 0.0739. The van der Waals surface area contributed by atoms with Crippen molar-refractivity contribution in [3.05, 3.63) is 16.6 Å². The van der Waals surface area contributed by atoms with Gasteiger partial charge in [-0.15, -0.1) is 11.3 Å². The van der Waals surface area contributed by atoms with Gasteiger partial charge in [0.15, 0.2) is 0 Å². The second kappa shape index (κ2) is 5.92. The molecule has 1 aromatic rings. The van der Waals surface area contributed by atoms with E-state index in [0.29, 0.717) is 31.9 Å². The molecule has 0 aromatic carbocycles. The summed E-state index contributed by atoms with van der Waals surface area (Å²) in [5.41, 5.74) is 2.15. The summed E-state index contributed by atoms with van der Waals surface area (Å²) in [6.45, 7) is 2.89. The molecule has 0 atom stereocenters. The number of amides is 1. The van der Waals surface area contributed by atoms with Gasteiger partial charge in [-0.3, -0.25) is 14.5 Å². The van der Waals surface area contributed by atoms with E-state index in [2.05, 4.69) is 9.72 Å². The minimum atomic E-state index is -0.241. The fraction of sp³-hybridized carbons (Fsp3) is 0.545. The van der Waals surface area contributed by atoms with E-state index >= 15 is 0 Å². The molecule has 6 nitrogen and oxygen atoms in total. The maximum Gasteiger partial charge on any atom is 0.319 e. The Morgan fingerprint density at radius 3 is 2.67 bits per heavy atom. The van der Waals surface area contributed by atoms with Crippen molar-refractivity contribution in [2.45, 2.75) is 0 Å². The van der Waals surface area contributed by atoms with Crippen LogP contribution < -0.4 is 0 Å². The number of thiazole rings is 1. The second-order valence-corrected chi connectivity index (χ2v) is 4.74. The van der Waals surface area contributed by atoms with Gasteiger partial charge in [0, 0.05) is 31.6 Å². The van der Waals surface area contributed by atoms with Crippen LogP contribution in [0.15, 0.2) is 10.9 Å². The third kappa shape index (κ3) is 3.05. The molecule has 2 rings (SSSR count). The zero-order valence-corrected chi connectivity index (χ0v) is 11.0. The molecule has 0 N–H and O–H groups in total. The third-order valence-corrected chi connectivity index (χ3v) is 3.48. The van der Waals surface area contributed by atoms with Gasteiger partial charge in [0.05, 0.1) is 19.2 Å². The van der Waals surface area contributed by atoms with Gasteiger partial charge in [-0.1, -0.05) is 0 Å². The van der Waals surface area contributed by atoms with Gasteiger partial charge < -0.3 is 9.64 Å². The Balaban J connectivity index is 1.83. The first-order chi connectivity index (χ1) is 8.70. The lowest BCUT2D eigenvalue weighted by Gasteiger charge is -2.33. The largest absolute Gasteiger partial charge is 0.468 e. The van der Waals surface area contributed by atoms with E-state index in [1.807, 2.05) is 4.90 Å². The average Bonchev–Trinajstić information content (AvgIpc) is 2.92. The molecule has 0 unspecified atom stereocenters. The second-order valence-electron chi connectivity index (χ2n) is 4.02. The summed E-state index contributed by atoms with van der Waals surface area (Å²) >= 11 is 1.41. The van der Waals surface area contributed by atoms with Crippen molar-refractivity contribution in [1.82, 2.24) is 14.8 Å². The number of rotatable bonds is 3. The topological polar surface area (TPSA) is 62.7 Å². The summed E-state index contributed by atoms with van der Waals surface area (Å²) in [6.07, 6.45) is 0. The number of hydrogen-bond acceptors (Lipinski definition) is 6. The summed E-state index contributed by atoms with van der Waals surface area (Å²) in [6, 6.07) is 0. The first kappa shape index (κ1) is 13.0. The molecule has 0 radical (unpaired) electrons. The van der Waals surface area contributed by atoms with E-state index in [1.165, 1.54) is 18.4 Å². The Kier molecular flexibility index (Phi) is 4.27. The summed E-state index contributed by atoms with van der Waals surface area (Å²) < 4.78 is 4.62. The molecule has 98 valence electrons. The normalized spacial score (nSPS) is 16.6. The van der Waals surface area contributed by atoms with Crippen LogP contribution >= 0.6 is 11.3 Å². The molecule has 1 amide bonds. The lowest BCUT2D eigenvalue weighted by atomic mass is 10.3. The van der Waals surface area contributed by atoms with Gasteiger partial charge in [-0.2, -0.15) is 0 Å². The van der Waals surface area contributed by atoms with E-state index in [0.717, 1.165) is 0 Å². The van der Waals surface area contributed by atoms with Gasteiger partial charge in [-0.05, 0) is 0 Å². The van der Waals surface area contributed by atoms with Crippen molar-refractivity contribution in [3.63, 3.8) is 0 Å². The van der Waals surface area contributed by atoms with E-state index in [-0.39, 0.29) is 18.4 Å². The SMILES string of the molecule is COC(=O)CN1CCN(C(=O)c2cscn2)CC1. The average molecular weight is 269 g/mol.